The largest absolute Gasteiger partial charge is 0.383 e. The van der Waals surface area contributed by atoms with E-state index in [-0.39, 0.29) is 0 Å². The van der Waals surface area contributed by atoms with Gasteiger partial charge < -0.3 is 10.5 Å². The van der Waals surface area contributed by atoms with Crippen LogP contribution in [0.25, 0.3) is 10.2 Å². The smallest absolute Gasteiger partial charge is 0.135 e. The molecule has 4 nitrogen and oxygen atoms in total. The first-order valence-electron chi connectivity index (χ1n) is 4.88. The molecule has 0 saturated carbocycles. The second-order valence-electron chi connectivity index (χ2n) is 3.11. The highest BCUT2D eigenvalue weighted by Gasteiger charge is 2.05. The van der Waals surface area contributed by atoms with E-state index in [9.17, 15) is 0 Å². The summed E-state index contributed by atoms with van der Waals surface area (Å²) in [6.07, 6.45) is 0.714. The van der Waals surface area contributed by atoms with Crippen molar-refractivity contribution in [1.29, 1.82) is 0 Å². The Morgan fingerprint density at radius 1 is 1.47 bits per heavy atom. The Balaban J connectivity index is 2.21. The normalized spacial score (nSPS) is 11.0. The van der Waals surface area contributed by atoms with E-state index in [1.54, 1.807) is 11.3 Å². The van der Waals surface area contributed by atoms with Crippen molar-refractivity contribution in [2.75, 3.05) is 18.9 Å². The number of fused-ring (bicyclic) bond motifs is 1. The SMILES string of the molecule is CCOCCc1nc(N)c2ccsc2n1. The maximum Gasteiger partial charge on any atom is 0.135 e. The summed E-state index contributed by atoms with van der Waals surface area (Å²) in [6.45, 7) is 3.33. The molecule has 0 unspecified atom stereocenters. The molecule has 0 aliphatic rings. The van der Waals surface area contributed by atoms with E-state index in [2.05, 4.69) is 9.97 Å². The standard InChI is InChI=1S/C10H13N3OS/c1-2-14-5-3-8-12-9(11)7-4-6-15-10(7)13-8/h4,6H,2-3,5H2,1H3,(H2,11,12,13). The average molecular weight is 223 g/mol. The minimum Gasteiger partial charge on any atom is -0.383 e. The summed E-state index contributed by atoms with van der Waals surface area (Å²) in [4.78, 5) is 9.61. The van der Waals surface area contributed by atoms with Crippen LogP contribution in [0.3, 0.4) is 0 Å². The third-order valence-electron chi connectivity index (χ3n) is 2.07. The van der Waals surface area contributed by atoms with E-state index in [0.717, 1.165) is 22.6 Å². The fourth-order valence-electron chi connectivity index (χ4n) is 1.34. The molecule has 0 fully saturated rings. The molecule has 0 aromatic carbocycles. The summed E-state index contributed by atoms with van der Waals surface area (Å²) < 4.78 is 5.25. The summed E-state index contributed by atoms with van der Waals surface area (Å²) in [6, 6.07) is 1.95. The van der Waals surface area contributed by atoms with Crippen molar-refractivity contribution in [3.8, 4) is 0 Å². The van der Waals surface area contributed by atoms with Gasteiger partial charge in [-0.15, -0.1) is 11.3 Å². The molecule has 80 valence electrons. The highest BCUT2D eigenvalue weighted by Crippen LogP contribution is 2.22. The van der Waals surface area contributed by atoms with Crippen molar-refractivity contribution in [3.05, 3.63) is 17.3 Å². The highest BCUT2D eigenvalue weighted by molar-refractivity contribution is 7.16. The second kappa shape index (κ2) is 4.55. The van der Waals surface area contributed by atoms with Crippen LogP contribution in [0.1, 0.15) is 12.7 Å². The number of aromatic nitrogens is 2. The molecule has 0 spiro atoms. The zero-order chi connectivity index (χ0) is 10.7. The van der Waals surface area contributed by atoms with E-state index in [1.165, 1.54) is 0 Å². The maximum atomic E-state index is 5.82. The average Bonchev–Trinajstić information content (AvgIpc) is 2.66. The number of nitrogens with two attached hydrogens (primary N) is 1. The van der Waals surface area contributed by atoms with Crippen molar-refractivity contribution in [2.45, 2.75) is 13.3 Å². The first kappa shape index (κ1) is 10.3. The van der Waals surface area contributed by atoms with Gasteiger partial charge >= 0.3 is 0 Å². The minimum absolute atomic E-state index is 0.563. The lowest BCUT2D eigenvalue weighted by atomic mass is 10.3. The minimum atomic E-state index is 0.563. The number of rotatable bonds is 4. The Labute approximate surface area is 92.1 Å². The predicted molar refractivity (Wildman–Crippen MR) is 62.0 cm³/mol. The summed E-state index contributed by atoms with van der Waals surface area (Å²) in [5, 5.41) is 2.92. The van der Waals surface area contributed by atoms with E-state index in [4.69, 9.17) is 10.5 Å². The molecule has 0 bridgehead atoms. The van der Waals surface area contributed by atoms with Gasteiger partial charge in [0, 0.05) is 13.0 Å². The molecule has 5 heteroatoms. The molecule has 15 heavy (non-hydrogen) atoms. The Morgan fingerprint density at radius 2 is 2.33 bits per heavy atom. The van der Waals surface area contributed by atoms with Crippen LogP contribution in [0, 0.1) is 0 Å². The van der Waals surface area contributed by atoms with Gasteiger partial charge in [0.25, 0.3) is 0 Å². The van der Waals surface area contributed by atoms with Crippen LogP contribution < -0.4 is 5.73 Å². The zero-order valence-corrected chi connectivity index (χ0v) is 9.38. The number of thiophene rings is 1. The lowest BCUT2D eigenvalue weighted by Gasteiger charge is -2.02. The molecule has 0 radical (unpaired) electrons. The molecule has 2 N–H and O–H groups in total. The van der Waals surface area contributed by atoms with Crippen LogP contribution in [0.2, 0.25) is 0 Å². The van der Waals surface area contributed by atoms with E-state index in [0.29, 0.717) is 18.8 Å². The Kier molecular flexibility index (Phi) is 3.13. The summed E-state index contributed by atoms with van der Waals surface area (Å²) >= 11 is 1.58. The van der Waals surface area contributed by atoms with E-state index < -0.39 is 0 Å². The molecule has 0 amide bonds. The van der Waals surface area contributed by atoms with Gasteiger partial charge in [-0.1, -0.05) is 0 Å². The fraction of sp³-hybridized carbons (Fsp3) is 0.400. The monoisotopic (exact) mass is 223 g/mol. The third kappa shape index (κ3) is 2.24. The highest BCUT2D eigenvalue weighted by atomic mass is 32.1. The Hall–Kier alpha value is -1.20. The van der Waals surface area contributed by atoms with Crippen LogP contribution in [0.5, 0.6) is 0 Å². The number of hydrogen-bond donors (Lipinski definition) is 1. The zero-order valence-electron chi connectivity index (χ0n) is 8.56. The topological polar surface area (TPSA) is 61.0 Å². The molecule has 0 aliphatic carbocycles. The van der Waals surface area contributed by atoms with Gasteiger partial charge in [-0.2, -0.15) is 0 Å². The van der Waals surface area contributed by atoms with E-state index >= 15 is 0 Å². The lowest BCUT2D eigenvalue weighted by molar-refractivity contribution is 0.149. The quantitative estimate of drug-likeness (QED) is 0.803. The molecular weight excluding hydrogens is 210 g/mol. The van der Waals surface area contributed by atoms with Gasteiger partial charge in [-0.3, -0.25) is 0 Å². The Bertz CT molecular complexity index is 455. The maximum absolute atomic E-state index is 5.82. The fourth-order valence-corrected chi connectivity index (χ4v) is 2.13. The summed E-state index contributed by atoms with van der Waals surface area (Å²) in [5.41, 5.74) is 5.82. The van der Waals surface area contributed by atoms with Gasteiger partial charge in [-0.25, -0.2) is 9.97 Å². The number of nitrogens with zero attached hydrogens (tertiary/aromatic N) is 2. The van der Waals surface area contributed by atoms with Crippen LogP contribution in [-0.4, -0.2) is 23.2 Å². The molecule has 0 aliphatic heterocycles. The van der Waals surface area contributed by atoms with Crippen molar-refractivity contribution < 1.29 is 4.74 Å². The van der Waals surface area contributed by atoms with Crippen molar-refractivity contribution >= 4 is 27.4 Å². The number of hydrogen-bond acceptors (Lipinski definition) is 5. The van der Waals surface area contributed by atoms with Crippen LogP contribution in [0.15, 0.2) is 11.4 Å². The van der Waals surface area contributed by atoms with Gasteiger partial charge in [0.15, 0.2) is 0 Å². The predicted octanol–water partition coefficient (Wildman–Crippen LogP) is 1.85. The van der Waals surface area contributed by atoms with Crippen LogP contribution in [0.4, 0.5) is 5.82 Å². The summed E-state index contributed by atoms with van der Waals surface area (Å²) in [5.74, 6) is 1.32. The number of ether oxygens (including phenoxy) is 1. The van der Waals surface area contributed by atoms with E-state index in [1.807, 2.05) is 18.4 Å². The molecule has 2 heterocycles. The lowest BCUT2D eigenvalue weighted by Crippen LogP contribution is -2.04. The van der Waals surface area contributed by atoms with Crippen LogP contribution in [-0.2, 0) is 11.2 Å². The first-order chi connectivity index (χ1) is 7.31. The summed E-state index contributed by atoms with van der Waals surface area (Å²) in [7, 11) is 0. The second-order valence-corrected chi connectivity index (χ2v) is 4.01. The molecule has 2 aromatic rings. The molecular formula is C10H13N3OS. The molecule has 0 saturated heterocycles. The van der Waals surface area contributed by atoms with Gasteiger partial charge in [-0.05, 0) is 18.4 Å². The number of anilines is 1. The number of nitrogen functional groups attached to an aromatic ring is 1. The van der Waals surface area contributed by atoms with Crippen molar-refractivity contribution in [1.82, 2.24) is 9.97 Å². The molecule has 2 rings (SSSR count). The van der Waals surface area contributed by atoms with Crippen molar-refractivity contribution in [3.63, 3.8) is 0 Å². The van der Waals surface area contributed by atoms with Gasteiger partial charge in [0.1, 0.15) is 16.5 Å². The third-order valence-corrected chi connectivity index (χ3v) is 2.88. The van der Waals surface area contributed by atoms with Gasteiger partial charge in [0.05, 0.1) is 12.0 Å². The van der Waals surface area contributed by atoms with Crippen LogP contribution >= 0.6 is 11.3 Å². The van der Waals surface area contributed by atoms with Crippen molar-refractivity contribution in [2.24, 2.45) is 0 Å². The first-order valence-corrected chi connectivity index (χ1v) is 5.76. The Morgan fingerprint density at radius 3 is 3.13 bits per heavy atom. The van der Waals surface area contributed by atoms with Gasteiger partial charge in [0.2, 0.25) is 0 Å². The molecule has 0 atom stereocenters. The molecule has 2 aromatic heterocycles.